The summed E-state index contributed by atoms with van der Waals surface area (Å²) in [5, 5.41) is 11.1. The van der Waals surface area contributed by atoms with Crippen LogP contribution in [0.4, 0.5) is 0 Å². The lowest BCUT2D eigenvalue weighted by atomic mass is 10.4. The number of terminal acetylenes is 1. The molecule has 80 valence electrons. The summed E-state index contributed by atoms with van der Waals surface area (Å²) in [6.07, 6.45) is 5.16. The highest BCUT2D eigenvalue weighted by molar-refractivity contribution is 7.10. The van der Waals surface area contributed by atoms with Crippen LogP contribution < -0.4 is 0 Å². The third-order valence-corrected chi connectivity index (χ3v) is 2.94. The standard InChI is InChI=1S/C10H10ClNO2S/c1-2-3-12(6-10(13)14)5-9-4-8(11)7-15-9/h1,4,7H,3,5-6H2,(H,13,14). The van der Waals surface area contributed by atoms with Gasteiger partial charge in [0, 0.05) is 16.8 Å². The van der Waals surface area contributed by atoms with Crippen LogP contribution in [0.3, 0.4) is 0 Å². The number of hydrogen-bond acceptors (Lipinski definition) is 3. The van der Waals surface area contributed by atoms with Crippen LogP contribution in [-0.2, 0) is 11.3 Å². The summed E-state index contributed by atoms with van der Waals surface area (Å²) < 4.78 is 0. The molecule has 0 saturated carbocycles. The summed E-state index contributed by atoms with van der Waals surface area (Å²) >= 11 is 7.26. The fraction of sp³-hybridized carbons (Fsp3) is 0.300. The Morgan fingerprint density at radius 1 is 1.73 bits per heavy atom. The van der Waals surface area contributed by atoms with Gasteiger partial charge in [0.2, 0.25) is 0 Å². The highest BCUT2D eigenvalue weighted by atomic mass is 35.5. The number of halogens is 1. The molecule has 1 rings (SSSR count). The van der Waals surface area contributed by atoms with Gasteiger partial charge in [-0.1, -0.05) is 17.5 Å². The fourth-order valence-corrected chi connectivity index (χ4v) is 2.26. The molecular formula is C10H10ClNO2S. The zero-order chi connectivity index (χ0) is 11.3. The maximum Gasteiger partial charge on any atom is 0.317 e. The van der Waals surface area contributed by atoms with Crippen LogP contribution in [0.1, 0.15) is 4.88 Å². The molecule has 0 spiro atoms. The molecule has 0 unspecified atom stereocenters. The van der Waals surface area contributed by atoms with E-state index in [-0.39, 0.29) is 6.54 Å². The van der Waals surface area contributed by atoms with Crippen molar-refractivity contribution in [2.45, 2.75) is 6.54 Å². The third kappa shape index (κ3) is 4.34. The zero-order valence-corrected chi connectivity index (χ0v) is 9.51. The van der Waals surface area contributed by atoms with Gasteiger partial charge in [0.1, 0.15) is 0 Å². The Morgan fingerprint density at radius 2 is 2.47 bits per heavy atom. The molecule has 1 N–H and O–H groups in total. The van der Waals surface area contributed by atoms with Gasteiger partial charge < -0.3 is 5.11 Å². The molecule has 1 aromatic rings. The van der Waals surface area contributed by atoms with Gasteiger partial charge in [-0.2, -0.15) is 0 Å². The Morgan fingerprint density at radius 3 is 2.93 bits per heavy atom. The van der Waals surface area contributed by atoms with Gasteiger partial charge in [0.15, 0.2) is 0 Å². The SMILES string of the molecule is C#CCN(CC(=O)O)Cc1cc(Cl)cs1. The molecule has 0 saturated heterocycles. The normalized spacial score (nSPS) is 10.2. The largest absolute Gasteiger partial charge is 0.480 e. The van der Waals surface area contributed by atoms with Crippen LogP contribution in [0.15, 0.2) is 11.4 Å². The first kappa shape index (κ1) is 12.1. The predicted octanol–water partition coefficient (Wildman–Crippen LogP) is 1.92. The number of thiophene rings is 1. The predicted molar refractivity (Wildman–Crippen MR) is 61.1 cm³/mol. The first-order valence-corrected chi connectivity index (χ1v) is 5.48. The van der Waals surface area contributed by atoms with E-state index in [1.54, 1.807) is 4.90 Å². The number of carboxylic acids is 1. The molecule has 3 nitrogen and oxygen atoms in total. The third-order valence-electron chi connectivity index (χ3n) is 1.67. The molecule has 0 fully saturated rings. The molecule has 1 heterocycles. The van der Waals surface area contributed by atoms with Crippen molar-refractivity contribution in [1.82, 2.24) is 4.90 Å². The van der Waals surface area contributed by atoms with Crippen LogP contribution in [0.2, 0.25) is 5.02 Å². The molecule has 0 aromatic carbocycles. The van der Waals surface area contributed by atoms with Crippen LogP contribution in [0, 0.1) is 12.3 Å². The number of hydrogen-bond donors (Lipinski definition) is 1. The van der Waals surface area contributed by atoms with Crippen molar-refractivity contribution < 1.29 is 9.90 Å². The van der Waals surface area contributed by atoms with Crippen molar-refractivity contribution in [3.63, 3.8) is 0 Å². The lowest BCUT2D eigenvalue weighted by Crippen LogP contribution is -2.29. The Balaban J connectivity index is 2.58. The van der Waals surface area contributed by atoms with Crippen LogP contribution in [0.25, 0.3) is 0 Å². The van der Waals surface area contributed by atoms with Gasteiger partial charge in [-0.05, 0) is 6.07 Å². The lowest BCUT2D eigenvalue weighted by molar-refractivity contribution is -0.138. The monoisotopic (exact) mass is 243 g/mol. The second-order valence-corrected chi connectivity index (χ2v) is 4.41. The minimum atomic E-state index is -0.882. The minimum Gasteiger partial charge on any atom is -0.480 e. The Kier molecular flexibility index (Phi) is 4.63. The number of nitrogens with zero attached hydrogens (tertiary/aromatic N) is 1. The molecule has 0 aliphatic rings. The molecule has 1 aromatic heterocycles. The van der Waals surface area contributed by atoms with Crippen molar-refractivity contribution in [2.24, 2.45) is 0 Å². The van der Waals surface area contributed by atoms with Gasteiger partial charge in [0.25, 0.3) is 0 Å². The van der Waals surface area contributed by atoms with Gasteiger partial charge in [-0.3, -0.25) is 9.69 Å². The highest BCUT2D eigenvalue weighted by Crippen LogP contribution is 2.20. The average Bonchev–Trinajstić information content (AvgIpc) is 2.50. The maximum absolute atomic E-state index is 10.5. The van der Waals surface area contributed by atoms with Crippen LogP contribution >= 0.6 is 22.9 Å². The Bertz CT molecular complexity index is 383. The second-order valence-electron chi connectivity index (χ2n) is 2.97. The Hall–Kier alpha value is -1.02. The van der Waals surface area contributed by atoms with E-state index in [2.05, 4.69) is 5.92 Å². The van der Waals surface area contributed by atoms with Crippen molar-refractivity contribution in [3.05, 3.63) is 21.3 Å². The van der Waals surface area contributed by atoms with Crippen LogP contribution in [-0.4, -0.2) is 29.1 Å². The lowest BCUT2D eigenvalue weighted by Gasteiger charge is -2.15. The maximum atomic E-state index is 10.5. The van der Waals surface area contributed by atoms with Crippen molar-refractivity contribution >= 4 is 28.9 Å². The number of carbonyl (C=O) groups is 1. The molecular weight excluding hydrogens is 234 g/mol. The van der Waals surface area contributed by atoms with Crippen molar-refractivity contribution in [2.75, 3.05) is 13.1 Å². The summed E-state index contributed by atoms with van der Waals surface area (Å²) in [6.45, 7) is 0.787. The summed E-state index contributed by atoms with van der Waals surface area (Å²) in [7, 11) is 0. The molecule has 0 aliphatic heterocycles. The van der Waals surface area contributed by atoms with Crippen molar-refractivity contribution in [1.29, 1.82) is 0 Å². The van der Waals surface area contributed by atoms with E-state index < -0.39 is 5.97 Å². The number of aliphatic carboxylic acids is 1. The topological polar surface area (TPSA) is 40.5 Å². The van der Waals surface area contributed by atoms with E-state index in [1.807, 2.05) is 11.4 Å². The van der Waals surface area contributed by atoms with Gasteiger partial charge >= 0.3 is 5.97 Å². The van der Waals surface area contributed by atoms with Crippen molar-refractivity contribution in [3.8, 4) is 12.3 Å². The van der Waals surface area contributed by atoms with E-state index in [1.165, 1.54) is 11.3 Å². The quantitative estimate of drug-likeness (QED) is 0.804. The summed E-state index contributed by atoms with van der Waals surface area (Å²) in [4.78, 5) is 13.2. The second kappa shape index (κ2) is 5.76. The van der Waals surface area contributed by atoms with Gasteiger partial charge in [-0.25, -0.2) is 0 Å². The van der Waals surface area contributed by atoms with Gasteiger partial charge in [-0.15, -0.1) is 17.8 Å². The molecule has 0 atom stereocenters. The molecule has 0 bridgehead atoms. The van der Waals surface area contributed by atoms with E-state index in [0.717, 1.165) is 4.88 Å². The summed E-state index contributed by atoms with van der Waals surface area (Å²) in [5.74, 6) is 1.55. The fourth-order valence-electron chi connectivity index (χ4n) is 1.15. The smallest absolute Gasteiger partial charge is 0.317 e. The molecule has 15 heavy (non-hydrogen) atoms. The highest BCUT2D eigenvalue weighted by Gasteiger charge is 2.10. The zero-order valence-electron chi connectivity index (χ0n) is 7.94. The van der Waals surface area contributed by atoms with E-state index in [4.69, 9.17) is 23.1 Å². The van der Waals surface area contributed by atoms with E-state index in [9.17, 15) is 4.79 Å². The summed E-state index contributed by atoms with van der Waals surface area (Å²) in [5.41, 5.74) is 0. The molecule has 0 aliphatic carbocycles. The minimum absolute atomic E-state index is 0.0558. The van der Waals surface area contributed by atoms with Crippen LogP contribution in [0.5, 0.6) is 0 Å². The first-order valence-electron chi connectivity index (χ1n) is 4.22. The number of carboxylic acid groups (broad SMARTS) is 1. The Labute approximate surface area is 97.3 Å². The molecule has 5 heteroatoms. The van der Waals surface area contributed by atoms with Gasteiger partial charge in [0.05, 0.1) is 18.1 Å². The summed E-state index contributed by atoms with van der Waals surface area (Å²) in [6, 6.07) is 1.82. The van der Waals surface area contributed by atoms with E-state index in [0.29, 0.717) is 18.1 Å². The molecule has 0 amide bonds. The van der Waals surface area contributed by atoms with E-state index >= 15 is 0 Å². The first-order chi connectivity index (χ1) is 7.11. The average molecular weight is 244 g/mol. The number of rotatable bonds is 5. The molecule has 0 radical (unpaired) electrons.